The van der Waals surface area contributed by atoms with Gasteiger partial charge < -0.3 is 5.73 Å². The molecule has 1 heterocycles. The summed E-state index contributed by atoms with van der Waals surface area (Å²) in [6.07, 6.45) is 1.38. The zero-order valence-electron chi connectivity index (χ0n) is 7.25. The predicted molar refractivity (Wildman–Crippen MR) is 50.5 cm³/mol. The lowest BCUT2D eigenvalue weighted by molar-refractivity contribution is 0.890. The van der Waals surface area contributed by atoms with Crippen LogP contribution in [0.15, 0.2) is 30.6 Å². The zero-order valence-corrected chi connectivity index (χ0v) is 7.25. The van der Waals surface area contributed by atoms with E-state index in [4.69, 9.17) is 11.0 Å². The van der Waals surface area contributed by atoms with E-state index in [1.165, 1.54) is 11.0 Å². The summed E-state index contributed by atoms with van der Waals surface area (Å²) in [6, 6.07) is 8.98. The number of nitrogens with zero attached hydrogens (tertiary/aromatic N) is 4. The number of nitriles is 1. The molecule has 2 N–H and O–H groups in total. The molecule has 1 aromatic heterocycles. The Bertz CT molecular complexity index is 477. The van der Waals surface area contributed by atoms with Crippen molar-refractivity contribution in [1.29, 1.82) is 5.26 Å². The fourth-order valence-electron chi connectivity index (χ4n) is 1.13. The van der Waals surface area contributed by atoms with Gasteiger partial charge in [0.1, 0.15) is 6.33 Å². The second kappa shape index (κ2) is 3.18. The van der Waals surface area contributed by atoms with Gasteiger partial charge in [-0.2, -0.15) is 20.0 Å². The van der Waals surface area contributed by atoms with Crippen LogP contribution >= 0.6 is 0 Å². The van der Waals surface area contributed by atoms with E-state index >= 15 is 0 Å². The average molecular weight is 185 g/mol. The van der Waals surface area contributed by atoms with Crippen LogP contribution in [0.25, 0.3) is 5.69 Å². The number of nitrogen functional groups attached to an aromatic ring is 1. The van der Waals surface area contributed by atoms with Crippen LogP contribution in [0, 0.1) is 11.3 Å². The first-order valence-electron chi connectivity index (χ1n) is 3.97. The van der Waals surface area contributed by atoms with E-state index in [0.29, 0.717) is 11.5 Å². The minimum absolute atomic E-state index is 0.328. The highest BCUT2D eigenvalue weighted by molar-refractivity contribution is 5.41. The van der Waals surface area contributed by atoms with Gasteiger partial charge in [0.15, 0.2) is 0 Å². The summed E-state index contributed by atoms with van der Waals surface area (Å²) in [7, 11) is 0. The highest BCUT2D eigenvalue weighted by Crippen LogP contribution is 2.10. The maximum Gasteiger partial charge on any atom is 0.223 e. The minimum atomic E-state index is 0.328. The molecule has 68 valence electrons. The number of benzene rings is 1. The molecular formula is C9H7N5. The third-order valence-electron chi connectivity index (χ3n) is 1.82. The van der Waals surface area contributed by atoms with Gasteiger partial charge in [-0.05, 0) is 24.3 Å². The first kappa shape index (κ1) is 8.26. The standard InChI is InChI=1S/C9H7N5/c10-5-7-1-3-8(4-2-7)14-9(11)12-6-13-14/h1-4,6H,(H2,11,12,13). The van der Waals surface area contributed by atoms with E-state index in [1.54, 1.807) is 24.3 Å². The Labute approximate surface area is 80.4 Å². The van der Waals surface area contributed by atoms with Gasteiger partial charge in [0.25, 0.3) is 0 Å². The molecule has 0 bridgehead atoms. The Balaban J connectivity index is 2.45. The largest absolute Gasteiger partial charge is 0.368 e. The van der Waals surface area contributed by atoms with Gasteiger partial charge in [0, 0.05) is 0 Å². The lowest BCUT2D eigenvalue weighted by Gasteiger charge is -2.01. The molecule has 1 aromatic carbocycles. The maximum atomic E-state index is 8.60. The Morgan fingerprint density at radius 1 is 1.29 bits per heavy atom. The minimum Gasteiger partial charge on any atom is -0.368 e. The molecule has 2 aromatic rings. The normalized spacial score (nSPS) is 9.64. The van der Waals surface area contributed by atoms with Crippen LogP contribution in [0.1, 0.15) is 5.56 Å². The fourth-order valence-corrected chi connectivity index (χ4v) is 1.13. The number of hydrogen-bond acceptors (Lipinski definition) is 4. The van der Waals surface area contributed by atoms with Gasteiger partial charge >= 0.3 is 0 Å². The summed E-state index contributed by atoms with van der Waals surface area (Å²) in [5.74, 6) is 0.328. The second-order valence-corrected chi connectivity index (χ2v) is 2.69. The molecular weight excluding hydrogens is 178 g/mol. The SMILES string of the molecule is N#Cc1ccc(-n2ncnc2N)cc1. The van der Waals surface area contributed by atoms with Crippen LogP contribution in [0.4, 0.5) is 5.95 Å². The van der Waals surface area contributed by atoms with Gasteiger partial charge in [0.2, 0.25) is 5.95 Å². The smallest absolute Gasteiger partial charge is 0.223 e. The number of nitrogens with two attached hydrogens (primary N) is 1. The molecule has 0 spiro atoms. The van der Waals surface area contributed by atoms with Crippen LogP contribution in [-0.4, -0.2) is 14.8 Å². The van der Waals surface area contributed by atoms with Crippen molar-refractivity contribution in [3.8, 4) is 11.8 Å². The molecule has 0 radical (unpaired) electrons. The van der Waals surface area contributed by atoms with Crippen LogP contribution in [-0.2, 0) is 0 Å². The lowest BCUT2D eigenvalue weighted by atomic mass is 10.2. The molecule has 14 heavy (non-hydrogen) atoms. The number of hydrogen-bond donors (Lipinski definition) is 1. The zero-order chi connectivity index (χ0) is 9.97. The van der Waals surface area contributed by atoms with Crippen LogP contribution in [0.2, 0.25) is 0 Å². The predicted octanol–water partition coefficient (Wildman–Crippen LogP) is 0.721. The van der Waals surface area contributed by atoms with Crippen molar-refractivity contribution >= 4 is 5.95 Å². The summed E-state index contributed by atoms with van der Waals surface area (Å²) < 4.78 is 1.50. The second-order valence-electron chi connectivity index (χ2n) is 2.69. The molecule has 0 aliphatic heterocycles. The molecule has 0 aliphatic carbocycles. The molecule has 0 aliphatic rings. The quantitative estimate of drug-likeness (QED) is 0.709. The Kier molecular flexibility index (Phi) is 1.88. The molecule has 0 fully saturated rings. The van der Waals surface area contributed by atoms with Crippen molar-refractivity contribution in [3.63, 3.8) is 0 Å². The van der Waals surface area contributed by atoms with Crippen LogP contribution in [0.5, 0.6) is 0 Å². The molecule has 0 unspecified atom stereocenters. The molecule has 0 atom stereocenters. The highest BCUT2D eigenvalue weighted by Gasteiger charge is 2.01. The fraction of sp³-hybridized carbons (Fsp3) is 0. The van der Waals surface area contributed by atoms with Gasteiger partial charge in [0.05, 0.1) is 17.3 Å². The van der Waals surface area contributed by atoms with E-state index < -0.39 is 0 Å². The van der Waals surface area contributed by atoms with Gasteiger partial charge in [-0.1, -0.05) is 0 Å². The van der Waals surface area contributed by atoms with Crippen LogP contribution < -0.4 is 5.73 Å². The van der Waals surface area contributed by atoms with E-state index in [0.717, 1.165) is 5.69 Å². The topological polar surface area (TPSA) is 80.5 Å². The first-order valence-corrected chi connectivity index (χ1v) is 3.97. The van der Waals surface area contributed by atoms with E-state index in [9.17, 15) is 0 Å². The number of aromatic nitrogens is 3. The van der Waals surface area contributed by atoms with E-state index in [-0.39, 0.29) is 0 Å². The summed E-state index contributed by atoms with van der Waals surface area (Å²) in [6.45, 7) is 0. The third-order valence-corrected chi connectivity index (χ3v) is 1.82. The van der Waals surface area contributed by atoms with Gasteiger partial charge in [-0.25, -0.2) is 0 Å². The highest BCUT2D eigenvalue weighted by atomic mass is 15.4. The molecule has 0 saturated heterocycles. The monoisotopic (exact) mass is 185 g/mol. The summed E-state index contributed by atoms with van der Waals surface area (Å²) in [4.78, 5) is 3.80. The summed E-state index contributed by atoms with van der Waals surface area (Å²) in [5, 5.41) is 12.5. The molecule has 0 saturated carbocycles. The molecule has 2 rings (SSSR count). The van der Waals surface area contributed by atoms with Crippen molar-refractivity contribution in [2.45, 2.75) is 0 Å². The van der Waals surface area contributed by atoms with Crippen molar-refractivity contribution in [2.75, 3.05) is 5.73 Å². The Morgan fingerprint density at radius 3 is 2.50 bits per heavy atom. The van der Waals surface area contributed by atoms with Crippen LogP contribution in [0.3, 0.4) is 0 Å². The van der Waals surface area contributed by atoms with Crippen molar-refractivity contribution in [1.82, 2.24) is 14.8 Å². The summed E-state index contributed by atoms with van der Waals surface area (Å²) in [5.41, 5.74) is 6.96. The lowest BCUT2D eigenvalue weighted by Crippen LogP contribution is -2.01. The average Bonchev–Trinajstić information content (AvgIpc) is 2.65. The van der Waals surface area contributed by atoms with Crippen molar-refractivity contribution < 1.29 is 0 Å². The number of anilines is 1. The first-order chi connectivity index (χ1) is 6.81. The third kappa shape index (κ3) is 1.29. The maximum absolute atomic E-state index is 8.60. The van der Waals surface area contributed by atoms with Crippen molar-refractivity contribution in [2.24, 2.45) is 0 Å². The molecule has 5 heteroatoms. The van der Waals surface area contributed by atoms with E-state index in [1.807, 2.05) is 6.07 Å². The Morgan fingerprint density at radius 2 is 2.00 bits per heavy atom. The molecule has 0 amide bonds. The number of rotatable bonds is 1. The van der Waals surface area contributed by atoms with Gasteiger partial charge in [-0.15, -0.1) is 0 Å². The Hall–Kier alpha value is -2.35. The van der Waals surface area contributed by atoms with Gasteiger partial charge in [-0.3, -0.25) is 0 Å². The van der Waals surface area contributed by atoms with E-state index in [2.05, 4.69) is 10.1 Å². The van der Waals surface area contributed by atoms with Crippen molar-refractivity contribution in [3.05, 3.63) is 36.2 Å². The molecule has 5 nitrogen and oxygen atoms in total. The summed E-state index contributed by atoms with van der Waals surface area (Å²) >= 11 is 0.